The Bertz CT molecular complexity index is 1280. The minimum atomic E-state index is -0.250. The van der Waals surface area contributed by atoms with E-state index in [2.05, 4.69) is 25.2 Å². The Kier molecular flexibility index (Phi) is 6.55. The van der Waals surface area contributed by atoms with Gasteiger partial charge in [-0.05, 0) is 60.7 Å². The maximum absolute atomic E-state index is 13.0. The van der Waals surface area contributed by atoms with Crippen molar-refractivity contribution < 1.29 is 19.4 Å². The minimum absolute atomic E-state index is 0.0824. The van der Waals surface area contributed by atoms with E-state index < -0.39 is 0 Å². The summed E-state index contributed by atoms with van der Waals surface area (Å²) in [5.41, 5.74) is 8.99. The second-order valence-corrected chi connectivity index (χ2v) is 9.76. The van der Waals surface area contributed by atoms with Crippen molar-refractivity contribution in [1.82, 2.24) is 19.9 Å². The zero-order chi connectivity index (χ0) is 25.4. The Balaban J connectivity index is 0.000000848. The first-order valence-electron chi connectivity index (χ1n) is 12.1. The van der Waals surface area contributed by atoms with Gasteiger partial charge in [-0.2, -0.15) is 0 Å². The van der Waals surface area contributed by atoms with E-state index in [0.717, 1.165) is 53.5 Å². The number of nitrogens with zero attached hydrogens (tertiary/aromatic N) is 4. The van der Waals surface area contributed by atoms with Crippen LogP contribution in [-0.4, -0.2) is 69.7 Å². The van der Waals surface area contributed by atoms with E-state index in [4.69, 9.17) is 20.4 Å². The number of nitrogens with two attached hydrogens (primary N) is 1. The maximum atomic E-state index is 13.0. The monoisotopic (exact) mass is 490 g/mol. The zero-order valence-corrected chi connectivity index (χ0v) is 20.3. The van der Waals surface area contributed by atoms with Crippen LogP contribution in [0.2, 0.25) is 0 Å². The fourth-order valence-corrected chi connectivity index (χ4v) is 5.74. The molecular weight excluding hydrogens is 460 g/mol. The molecule has 188 valence electrons. The molecule has 4 heterocycles. The third kappa shape index (κ3) is 4.49. The first-order chi connectivity index (χ1) is 17.4. The Morgan fingerprint density at radius 2 is 1.97 bits per heavy atom. The van der Waals surface area contributed by atoms with E-state index in [0.29, 0.717) is 35.6 Å². The highest BCUT2D eigenvalue weighted by atomic mass is 16.5. The van der Waals surface area contributed by atoms with Crippen molar-refractivity contribution in [2.24, 2.45) is 17.8 Å². The van der Waals surface area contributed by atoms with E-state index in [1.807, 2.05) is 25.1 Å². The van der Waals surface area contributed by atoms with E-state index in [-0.39, 0.29) is 18.3 Å². The van der Waals surface area contributed by atoms with E-state index in [9.17, 15) is 4.79 Å². The summed E-state index contributed by atoms with van der Waals surface area (Å²) in [7, 11) is 1.78. The van der Waals surface area contributed by atoms with Crippen LogP contribution in [0.4, 0.5) is 11.6 Å². The number of ether oxygens (including phenoxy) is 1. The van der Waals surface area contributed by atoms with Crippen molar-refractivity contribution in [3.8, 4) is 11.3 Å². The molecule has 4 atom stereocenters. The fraction of sp³-hybridized carbons (Fsp3) is 0.423. The number of nitrogen functional groups attached to an aromatic ring is 1. The number of methoxy groups -OCH3 is 1. The molecule has 36 heavy (non-hydrogen) atoms. The summed E-state index contributed by atoms with van der Waals surface area (Å²) in [5.74, 6) is 2.15. The molecule has 3 fully saturated rings. The van der Waals surface area contributed by atoms with Gasteiger partial charge in [0.2, 0.25) is 5.91 Å². The lowest BCUT2D eigenvalue weighted by Gasteiger charge is -2.43. The lowest BCUT2D eigenvalue weighted by molar-refractivity contribution is -0.123. The maximum Gasteiger partial charge on any atom is 0.290 e. The molecule has 3 aromatic rings. The van der Waals surface area contributed by atoms with Crippen molar-refractivity contribution >= 4 is 34.8 Å². The van der Waals surface area contributed by atoms with E-state index in [1.165, 1.54) is 0 Å². The first-order valence-corrected chi connectivity index (χ1v) is 12.1. The summed E-state index contributed by atoms with van der Waals surface area (Å²) in [6.45, 7) is 3.82. The number of carboxylic acid groups (broad SMARTS) is 1. The third-order valence-corrected chi connectivity index (χ3v) is 7.76. The molecule has 4 N–H and O–H groups in total. The molecule has 10 nitrogen and oxygen atoms in total. The standard InChI is InChI=1S/C25H28N6O2.CH2O2/c1-13-3-4-27-9-19(13)21-5-14-6-22(28-10-20(14)24(26)29-21)30-25(32)23-17-7-15(8-18(17)23)31-11-16(12-31)33-2;2-1-3/h3-6,9-10,15-18,23H,7-8,11-12H2,1-2H3,(H2,26,29)(H,28,30,32);1H,(H,2,3)/t15?,17-,18+,23?;. The van der Waals surface area contributed by atoms with Gasteiger partial charge in [-0.3, -0.25) is 19.5 Å². The number of aromatic nitrogens is 3. The number of pyridine rings is 3. The van der Waals surface area contributed by atoms with Crippen LogP contribution in [0.25, 0.3) is 22.0 Å². The van der Waals surface area contributed by atoms with Crippen LogP contribution in [0.5, 0.6) is 0 Å². The van der Waals surface area contributed by atoms with Crippen molar-refractivity contribution in [2.45, 2.75) is 31.9 Å². The van der Waals surface area contributed by atoms with Crippen LogP contribution in [-0.2, 0) is 14.3 Å². The number of amides is 1. The number of hydrogen-bond acceptors (Lipinski definition) is 8. The van der Waals surface area contributed by atoms with Crippen LogP contribution in [0.3, 0.4) is 0 Å². The summed E-state index contributed by atoms with van der Waals surface area (Å²) in [4.78, 5) is 37.0. The predicted octanol–water partition coefficient (Wildman–Crippen LogP) is 2.58. The molecule has 0 radical (unpaired) electrons. The minimum Gasteiger partial charge on any atom is -0.483 e. The van der Waals surface area contributed by atoms with Gasteiger partial charge in [-0.15, -0.1) is 0 Å². The SMILES string of the molecule is COC1CN(C2C[C@@H]3C(C(=O)Nc4cc5cc(-c6cnccc6C)nc(N)c5cn4)[C@@H]3C2)C1.O=CO. The van der Waals surface area contributed by atoms with Crippen LogP contribution in [0.15, 0.2) is 36.8 Å². The van der Waals surface area contributed by atoms with Crippen LogP contribution in [0, 0.1) is 24.7 Å². The topological polar surface area (TPSA) is 144 Å². The number of carbonyl (C=O) groups excluding carboxylic acids is 1. The van der Waals surface area contributed by atoms with Gasteiger partial charge in [0.15, 0.2) is 0 Å². The van der Waals surface area contributed by atoms with Crippen molar-refractivity contribution in [1.29, 1.82) is 0 Å². The molecule has 1 saturated heterocycles. The highest BCUT2D eigenvalue weighted by molar-refractivity contribution is 5.98. The number of carbonyl (C=O) groups is 2. The van der Waals surface area contributed by atoms with Crippen LogP contribution in [0.1, 0.15) is 18.4 Å². The van der Waals surface area contributed by atoms with Gasteiger partial charge in [0.1, 0.15) is 11.6 Å². The molecule has 0 aromatic carbocycles. The second-order valence-electron chi connectivity index (χ2n) is 9.76. The van der Waals surface area contributed by atoms with Gasteiger partial charge in [-0.25, -0.2) is 9.97 Å². The molecule has 3 aliphatic rings. The van der Waals surface area contributed by atoms with Crippen molar-refractivity contribution in [3.63, 3.8) is 0 Å². The highest BCUT2D eigenvalue weighted by Crippen LogP contribution is 2.59. The summed E-state index contributed by atoms with van der Waals surface area (Å²) >= 11 is 0. The molecule has 0 bridgehead atoms. The first kappa shape index (κ1) is 24.1. The molecule has 2 saturated carbocycles. The van der Waals surface area contributed by atoms with E-state index in [1.54, 1.807) is 25.7 Å². The quantitative estimate of drug-likeness (QED) is 0.460. The average molecular weight is 491 g/mol. The third-order valence-electron chi connectivity index (χ3n) is 7.76. The number of likely N-dealkylation sites (tertiary alicyclic amines) is 1. The second kappa shape index (κ2) is 9.79. The van der Waals surface area contributed by atoms with Crippen LogP contribution < -0.4 is 11.1 Å². The van der Waals surface area contributed by atoms with Gasteiger partial charge < -0.3 is 20.9 Å². The van der Waals surface area contributed by atoms with Crippen LogP contribution >= 0.6 is 0 Å². The number of anilines is 2. The van der Waals surface area contributed by atoms with Crippen molar-refractivity contribution in [2.75, 3.05) is 31.2 Å². The summed E-state index contributed by atoms with van der Waals surface area (Å²) in [6, 6.07) is 6.42. The summed E-state index contributed by atoms with van der Waals surface area (Å²) < 4.78 is 5.39. The molecule has 2 unspecified atom stereocenters. The summed E-state index contributed by atoms with van der Waals surface area (Å²) in [6.07, 6.45) is 7.85. The molecular formula is C26H30N6O4. The molecule has 1 aliphatic heterocycles. The lowest BCUT2D eigenvalue weighted by Crippen LogP contribution is -2.55. The van der Waals surface area contributed by atoms with Gasteiger partial charge >= 0.3 is 0 Å². The normalized spacial score (nSPS) is 24.8. The molecule has 1 amide bonds. The Morgan fingerprint density at radius 3 is 2.64 bits per heavy atom. The van der Waals surface area contributed by atoms with Gasteiger partial charge in [0.25, 0.3) is 6.47 Å². The van der Waals surface area contributed by atoms with Crippen molar-refractivity contribution in [3.05, 3.63) is 42.4 Å². The number of aryl methyl sites for hydroxylation is 1. The van der Waals surface area contributed by atoms with E-state index >= 15 is 0 Å². The largest absolute Gasteiger partial charge is 0.483 e. The van der Waals surface area contributed by atoms with Gasteiger partial charge in [-0.1, -0.05) is 0 Å². The molecule has 6 rings (SSSR count). The predicted molar refractivity (Wildman–Crippen MR) is 135 cm³/mol. The number of rotatable bonds is 5. The molecule has 2 aliphatic carbocycles. The lowest BCUT2D eigenvalue weighted by atomic mass is 10.0. The molecule has 3 aromatic heterocycles. The fourth-order valence-electron chi connectivity index (χ4n) is 5.74. The number of nitrogens with one attached hydrogen (secondary N) is 1. The zero-order valence-electron chi connectivity index (χ0n) is 20.3. The van der Waals surface area contributed by atoms with Gasteiger partial charge in [0, 0.05) is 61.7 Å². The Hall–Kier alpha value is -3.63. The summed E-state index contributed by atoms with van der Waals surface area (Å²) in [5, 5.41) is 11.6. The Labute approximate surface area is 208 Å². The Morgan fingerprint density at radius 1 is 1.25 bits per heavy atom. The average Bonchev–Trinajstić information content (AvgIpc) is 3.33. The molecule has 0 spiro atoms. The van der Waals surface area contributed by atoms with Gasteiger partial charge in [0.05, 0.1) is 11.8 Å². The molecule has 10 heteroatoms. The number of hydrogen-bond donors (Lipinski definition) is 3. The highest BCUT2D eigenvalue weighted by Gasteiger charge is 2.60. The smallest absolute Gasteiger partial charge is 0.290 e. The number of fused-ring (bicyclic) bond motifs is 2.